The zero-order chi connectivity index (χ0) is 12.6. The molecule has 0 saturated heterocycles. The van der Waals surface area contributed by atoms with Crippen LogP contribution in [0.3, 0.4) is 0 Å². The lowest BCUT2D eigenvalue weighted by Gasteiger charge is -2.14. The lowest BCUT2D eigenvalue weighted by Crippen LogP contribution is -2.14. The average Bonchev–Trinajstić information content (AvgIpc) is 2.28. The van der Waals surface area contributed by atoms with Gasteiger partial charge < -0.3 is 16.4 Å². The minimum atomic E-state index is -0.563. The minimum absolute atomic E-state index is 0.258. The van der Waals surface area contributed by atoms with Crippen LogP contribution in [0, 0.1) is 0 Å². The van der Waals surface area contributed by atoms with Crippen LogP contribution in [0.4, 0.5) is 11.4 Å². The molecule has 5 heteroatoms. The molecule has 17 heavy (non-hydrogen) atoms. The third-order valence-electron chi connectivity index (χ3n) is 2.68. The van der Waals surface area contributed by atoms with Gasteiger partial charge in [-0.1, -0.05) is 0 Å². The van der Waals surface area contributed by atoms with Crippen LogP contribution in [0.15, 0.2) is 24.4 Å². The van der Waals surface area contributed by atoms with E-state index in [0.29, 0.717) is 5.69 Å². The van der Waals surface area contributed by atoms with Crippen LogP contribution >= 0.6 is 0 Å². The maximum Gasteiger partial charge on any atom is 0.252 e. The van der Waals surface area contributed by atoms with Crippen molar-refractivity contribution in [2.24, 2.45) is 5.73 Å². The molecule has 5 nitrogen and oxygen atoms in total. The second-order valence-corrected chi connectivity index (χ2v) is 4.05. The molecular formula is C12H14N4O. The number of anilines is 2. The van der Waals surface area contributed by atoms with Gasteiger partial charge in [0.2, 0.25) is 0 Å². The first-order valence-electron chi connectivity index (χ1n) is 5.16. The lowest BCUT2D eigenvalue weighted by atomic mass is 10.1. The molecular weight excluding hydrogens is 216 g/mol. The van der Waals surface area contributed by atoms with E-state index in [4.69, 9.17) is 11.5 Å². The Morgan fingerprint density at radius 3 is 2.65 bits per heavy atom. The molecule has 2 rings (SSSR count). The Morgan fingerprint density at radius 1 is 1.35 bits per heavy atom. The number of pyridine rings is 1. The standard InChI is InChI=1S/C12H14N4O/c1-16(2)7-3-4-10-8(5-7)11(13)9(6-15-10)12(14)17/h3-6H,1-2H3,(H2,13,15)(H2,14,17). The number of primary amides is 1. The first-order chi connectivity index (χ1) is 8.00. The molecule has 1 heterocycles. The molecule has 0 aliphatic rings. The maximum atomic E-state index is 11.2. The number of aromatic nitrogens is 1. The number of benzene rings is 1. The number of fused-ring (bicyclic) bond motifs is 1. The molecule has 2 aromatic rings. The normalized spacial score (nSPS) is 10.5. The van der Waals surface area contributed by atoms with Gasteiger partial charge in [-0.25, -0.2) is 0 Å². The SMILES string of the molecule is CN(C)c1ccc2ncc(C(N)=O)c(N)c2c1. The smallest absolute Gasteiger partial charge is 0.252 e. The fraction of sp³-hybridized carbons (Fsp3) is 0.167. The number of amides is 1. The summed E-state index contributed by atoms with van der Waals surface area (Å²) in [6, 6.07) is 5.70. The van der Waals surface area contributed by atoms with Crippen LogP contribution in [0.5, 0.6) is 0 Å². The van der Waals surface area contributed by atoms with Crippen molar-refractivity contribution in [2.45, 2.75) is 0 Å². The summed E-state index contributed by atoms with van der Waals surface area (Å²) in [7, 11) is 3.87. The number of carbonyl (C=O) groups is 1. The van der Waals surface area contributed by atoms with Gasteiger partial charge in [-0.15, -0.1) is 0 Å². The summed E-state index contributed by atoms with van der Waals surface area (Å²) in [5.41, 5.74) is 13.5. The van der Waals surface area contributed by atoms with Crippen molar-refractivity contribution in [1.82, 2.24) is 4.98 Å². The number of hydrogen-bond acceptors (Lipinski definition) is 4. The van der Waals surface area contributed by atoms with Gasteiger partial charge in [-0.3, -0.25) is 9.78 Å². The molecule has 88 valence electrons. The molecule has 0 aliphatic carbocycles. The topological polar surface area (TPSA) is 85.2 Å². The molecule has 0 bridgehead atoms. The quantitative estimate of drug-likeness (QED) is 0.805. The van der Waals surface area contributed by atoms with E-state index in [-0.39, 0.29) is 5.56 Å². The fourth-order valence-electron chi connectivity index (χ4n) is 1.68. The van der Waals surface area contributed by atoms with E-state index in [1.165, 1.54) is 6.20 Å². The van der Waals surface area contributed by atoms with Crippen molar-refractivity contribution in [2.75, 3.05) is 24.7 Å². The Labute approximate surface area is 99.0 Å². The zero-order valence-electron chi connectivity index (χ0n) is 9.77. The van der Waals surface area contributed by atoms with Gasteiger partial charge in [0.05, 0.1) is 16.8 Å². The van der Waals surface area contributed by atoms with E-state index in [1.807, 2.05) is 37.2 Å². The largest absolute Gasteiger partial charge is 0.397 e. The van der Waals surface area contributed by atoms with Crippen molar-refractivity contribution in [3.05, 3.63) is 30.0 Å². The highest BCUT2D eigenvalue weighted by atomic mass is 16.1. The summed E-state index contributed by atoms with van der Waals surface area (Å²) >= 11 is 0. The van der Waals surface area contributed by atoms with Crippen LogP contribution in [-0.4, -0.2) is 25.0 Å². The van der Waals surface area contributed by atoms with Gasteiger partial charge in [0.1, 0.15) is 0 Å². The number of nitrogens with zero attached hydrogens (tertiary/aromatic N) is 2. The van der Waals surface area contributed by atoms with Gasteiger partial charge in [-0.05, 0) is 18.2 Å². The molecule has 1 amide bonds. The van der Waals surface area contributed by atoms with Crippen molar-refractivity contribution in [3.63, 3.8) is 0 Å². The van der Waals surface area contributed by atoms with Crippen LogP contribution in [0.25, 0.3) is 10.9 Å². The summed E-state index contributed by atoms with van der Waals surface area (Å²) in [5, 5.41) is 0.743. The molecule has 1 aromatic carbocycles. The van der Waals surface area contributed by atoms with Gasteiger partial charge in [0.15, 0.2) is 0 Å². The monoisotopic (exact) mass is 230 g/mol. The molecule has 0 atom stereocenters. The Balaban J connectivity index is 2.73. The van der Waals surface area contributed by atoms with Crippen LogP contribution < -0.4 is 16.4 Å². The highest BCUT2D eigenvalue weighted by Crippen LogP contribution is 2.26. The third-order valence-corrected chi connectivity index (χ3v) is 2.68. The number of nitrogen functional groups attached to an aromatic ring is 1. The van der Waals surface area contributed by atoms with Gasteiger partial charge in [0.25, 0.3) is 5.91 Å². The predicted molar refractivity (Wildman–Crippen MR) is 69.0 cm³/mol. The summed E-state index contributed by atoms with van der Waals surface area (Å²) in [6.45, 7) is 0. The number of rotatable bonds is 2. The lowest BCUT2D eigenvalue weighted by molar-refractivity contribution is 0.100. The molecule has 0 spiro atoms. The highest BCUT2D eigenvalue weighted by Gasteiger charge is 2.10. The predicted octanol–water partition coefficient (Wildman–Crippen LogP) is 0.982. The van der Waals surface area contributed by atoms with Crippen molar-refractivity contribution < 1.29 is 4.79 Å². The fourth-order valence-corrected chi connectivity index (χ4v) is 1.68. The molecule has 0 radical (unpaired) electrons. The molecule has 0 saturated carbocycles. The molecule has 0 unspecified atom stereocenters. The summed E-state index contributed by atoms with van der Waals surface area (Å²) in [5.74, 6) is -0.563. The van der Waals surface area contributed by atoms with Crippen molar-refractivity contribution >= 4 is 28.2 Å². The van der Waals surface area contributed by atoms with E-state index in [9.17, 15) is 4.79 Å². The van der Waals surface area contributed by atoms with E-state index < -0.39 is 5.91 Å². The van der Waals surface area contributed by atoms with E-state index >= 15 is 0 Å². The maximum absolute atomic E-state index is 11.2. The van der Waals surface area contributed by atoms with Crippen LogP contribution in [0.1, 0.15) is 10.4 Å². The Bertz CT molecular complexity index is 592. The number of nitrogens with two attached hydrogens (primary N) is 2. The van der Waals surface area contributed by atoms with Crippen molar-refractivity contribution in [1.29, 1.82) is 0 Å². The Hall–Kier alpha value is -2.30. The summed E-state index contributed by atoms with van der Waals surface area (Å²) in [6.07, 6.45) is 1.41. The molecule has 0 fully saturated rings. The average molecular weight is 230 g/mol. The third kappa shape index (κ3) is 1.87. The van der Waals surface area contributed by atoms with E-state index in [0.717, 1.165) is 16.6 Å². The zero-order valence-corrected chi connectivity index (χ0v) is 9.77. The van der Waals surface area contributed by atoms with E-state index in [2.05, 4.69) is 4.98 Å². The van der Waals surface area contributed by atoms with E-state index in [1.54, 1.807) is 0 Å². The number of carbonyl (C=O) groups excluding carboxylic acids is 1. The van der Waals surface area contributed by atoms with Gasteiger partial charge in [0, 0.05) is 31.4 Å². The second kappa shape index (κ2) is 3.93. The molecule has 1 aromatic heterocycles. The molecule has 4 N–H and O–H groups in total. The Kier molecular flexibility index (Phi) is 2.59. The number of hydrogen-bond donors (Lipinski definition) is 2. The summed E-state index contributed by atoms with van der Waals surface area (Å²) < 4.78 is 0. The van der Waals surface area contributed by atoms with Gasteiger partial charge >= 0.3 is 0 Å². The Morgan fingerprint density at radius 2 is 2.06 bits per heavy atom. The van der Waals surface area contributed by atoms with Crippen molar-refractivity contribution in [3.8, 4) is 0 Å². The summed E-state index contributed by atoms with van der Waals surface area (Å²) in [4.78, 5) is 17.3. The van der Waals surface area contributed by atoms with Crippen LogP contribution in [-0.2, 0) is 0 Å². The first-order valence-corrected chi connectivity index (χ1v) is 5.16. The highest BCUT2D eigenvalue weighted by molar-refractivity contribution is 6.06. The van der Waals surface area contributed by atoms with Crippen LogP contribution in [0.2, 0.25) is 0 Å². The molecule has 0 aliphatic heterocycles. The second-order valence-electron chi connectivity index (χ2n) is 4.05. The minimum Gasteiger partial charge on any atom is -0.397 e. The van der Waals surface area contributed by atoms with Gasteiger partial charge in [-0.2, -0.15) is 0 Å². The first kappa shape index (κ1) is 11.2.